The Morgan fingerprint density at radius 2 is 1.87 bits per heavy atom. The smallest absolute Gasteiger partial charge is 0.0911 e. The molecule has 4 atom stereocenters. The van der Waals surface area contributed by atoms with E-state index in [0.29, 0.717) is 12.3 Å². The maximum atomic E-state index is 10.5. The average Bonchev–Trinajstić information content (AvgIpc) is 2.33. The second-order valence-corrected chi connectivity index (χ2v) is 6.44. The normalized spacial score (nSPS) is 53.2. The van der Waals surface area contributed by atoms with Crippen LogP contribution in [0, 0.1) is 16.7 Å². The molecule has 2 saturated carbocycles. The van der Waals surface area contributed by atoms with Crippen LogP contribution in [-0.2, 0) is 0 Å². The Hall–Kier alpha value is -0.0800. The van der Waals surface area contributed by atoms with E-state index in [1.165, 1.54) is 0 Å². The van der Waals surface area contributed by atoms with Gasteiger partial charge in [-0.1, -0.05) is 27.7 Å². The Kier molecular flexibility index (Phi) is 2.27. The molecular weight excluding hydrogens is 188 g/mol. The lowest BCUT2D eigenvalue weighted by atomic mass is 9.53. The van der Waals surface area contributed by atoms with Gasteiger partial charge in [0, 0.05) is 5.41 Å². The molecule has 2 aliphatic rings. The van der Waals surface area contributed by atoms with Crippen molar-refractivity contribution >= 4 is 0 Å². The topological polar surface area (TPSA) is 40.5 Å². The number of rotatable bonds is 1. The predicted molar refractivity (Wildman–Crippen MR) is 60.5 cm³/mol. The summed E-state index contributed by atoms with van der Waals surface area (Å²) < 4.78 is 0. The van der Waals surface area contributed by atoms with Gasteiger partial charge in [0.25, 0.3) is 0 Å². The molecule has 0 amide bonds. The molecule has 15 heavy (non-hydrogen) atoms. The molecule has 0 saturated heterocycles. The third-order valence-electron chi connectivity index (χ3n) is 5.83. The zero-order chi connectivity index (χ0) is 11.5. The van der Waals surface area contributed by atoms with E-state index in [1.54, 1.807) is 0 Å². The van der Waals surface area contributed by atoms with Crippen LogP contribution in [0.15, 0.2) is 0 Å². The molecule has 2 aliphatic carbocycles. The first-order chi connectivity index (χ1) is 6.78. The number of aliphatic hydroxyl groups is 2. The standard InChI is InChI=1S/C13H24O2/c1-5-13(15)8-9-6-7-12(4,10(13)14)11(9,2)3/h9-10,14-15H,5-8H2,1-4H3/t9-,10-,12+,13+/m1/s1. The fourth-order valence-corrected chi connectivity index (χ4v) is 3.94. The van der Waals surface area contributed by atoms with Gasteiger partial charge >= 0.3 is 0 Å². The van der Waals surface area contributed by atoms with Crippen molar-refractivity contribution in [2.24, 2.45) is 16.7 Å². The van der Waals surface area contributed by atoms with E-state index in [-0.39, 0.29) is 10.8 Å². The maximum Gasteiger partial charge on any atom is 0.0911 e. The van der Waals surface area contributed by atoms with Crippen molar-refractivity contribution in [3.8, 4) is 0 Å². The Balaban J connectivity index is 2.42. The van der Waals surface area contributed by atoms with E-state index in [9.17, 15) is 10.2 Å². The number of aliphatic hydroxyl groups excluding tert-OH is 1. The zero-order valence-corrected chi connectivity index (χ0v) is 10.4. The molecule has 88 valence electrons. The van der Waals surface area contributed by atoms with E-state index in [1.807, 2.05) is 6.92 Å². The van der Waals surface area contributed by atoms with Crippen LogP contribution in [0.1, 0.15) is 53.4 Å². The highest BCUT2D eigenvalue weighted by molar-refractivity contribution is 5.14. The van der Waals surface area contributed by atoms with E-state index in [0.717, 1.165) is 19.3 Å². The zero-order valence-electron chi connectivity index (χ0n) is 10.4. The van der Waals surface area contributed by atoms with Crippen LogP contribution in [0.5, 0.6) is 0 Å². The third kappa shape index (κ3) is 1.18. The van der Waals surface area contributed by atoms with Gasteiger partial charge in [-0.15, -0.1) is 0 Å². The highest BCUT2D eigenvalue weighted by Gasteiger charge is 2.64. The number of hydrogen-bond acceptors (Lipinski definition) is 2. The van der Waals surface area contributed by atoms with E-state index >= 15 is 0 Å². The molecule has 2 bridgehead atoms. The van der Waals surface area contributed by atoms with Crippen LogP contribution in [0.3, 0.4) is 0 Å². The maximum absolute atomic E-state index is 10.5. The summed E-state index contributed by atoms with van der Waals surface area (Å²) in [6.45, 7) is 8.63. The van der Waals surface area contributed by atoms with E-state index < -0.39 is 11.7 Å². The number of fused-ring (bicyclic) bond motifs is 2. The summed E-state index contributed by atoms with van der Waals surface area (Å²) in [4.78, 5) is 0. The van der Waals surface area contributed by atoms with Gasteiger partial charge in [-0.2, -0.15) is 0 Å². The lowest BCUT2D eigenvalue weighted by Crippen LogP contribution is -2.60. The molecule has 2 rings (SSSR count). The molecule has 0 heterocycles. The summed E-state index contributed by atoms with van der Waals surface area (Å²) in [7, 11) is 0. The Morgan fingerprint density at radius 1 is 1.27 bits per heavy atom. The minimum absolute atomic E-state index is 0.110. The molecule has 0 aliphatic heterocycles. The third-order valence-corrected chi connectivity index (χ3v) is 5.83. The van der Waals surface area contributed by atoms with E-state index in [4.69, 9.17) is 0 Å². The fourth-order valence-electron chi connectivity index (χ4n) is 3.94. The lowest BCUT2D eigenvalue weighted by Gasteiger charge is -2.55. The Labute approximate surface area is 92.7 Å². The highest BCUT2D eigenvalue weighted by Crippen LogP contribution is 2.65. The van der Waals surface area contributed by atoms with Crippen molar-refractivity contribution in [1.82, 2.24) is 0 Å². The van der Waals surface area contributed by atoms with Crippen molar-refractivity contribution in [3.05, 3.63) is 0 Å². The van der Waals surface area contributed by atoms with Gasteiger partial charge in [-0.05, 0) is 37.0 Å². The van der Waals surface area contributed by atoms with Gasteiger partial charge in [0.2, 0.25) is 0 Å². The van der Waals surface area contributed by atoms with Crippen LogP contribution in [0.2, 0.25) is 0 Å². The highest BCUT2D eigenvalue weighted by atomic mass is 16.3. The summed E-state index contributed by atoms with van der Waals surface area (Å²) in [5.74, 6) is 0.566. The molecule has 2 N–H and O–H groups in total. The van der Waals surface area contributed by atoms with Crippen LogP contribution >= 0.6 is 0 Å². The van der Waals surface area contributed by atoms with Crippen LogP contribution in [0.25, 0.3) is 0 Å². The van der Waals surface area contributed by atoms with Gasteiger partial charge in [-0.3, -0.25) is 0 Å². The largest absolute Gasteiger partial charge is 0.390 e. The van der Waals surface area contributed by atoms with E-state index in [2.05, 4.69) is 20.8 Å². The van der Waals surface area contributed by atoms with Crippen molar-refractivity contribution < 1.29 is 10.2 Å². The molecule has 0 unspecified atom stereocenters. The first kappa shape index (κ1) is 11.4. The first-order valence-corrected chi connectivity index (χ1v) is 6.18. The molecule has 0 aromatic heterocycles. The minimum Gasteiger partial charge on any atom is -0.390 e. The molecule has 0 spiro atoms. The predicted octanol–water partition coefficient (Wildman–Crippen LogP) is 2.33. The average molecular weight is 212 g/mol. The fraction of sp³-hybridized carbons (Fsp3) is 1.00. The summed E-state index contributed by atoms with van der Waals surface area (Å²) in [5.41, 5.74) is -0.792. The minimum atomic E-state index is -0.842. The van der Waals surface area contributed by atoms with Crippen molar-refractivity contribution in [1.29, 1.82) is 0 Å². The van der Waals surface area contributed by atoms with Crippen molar-refractivity contribution in [3.63, 3.8) is 0 Å². The summed E-state index contributed by atoms with van der Waals surface area (Å²) in [6.07, 6.45) is 3.07. The summed E-state index contributed by atoms with van der Waals surface area (Å²) >= 11 is 0. The van der Waals surface area contributed by atoms with Gasteiger partial charge in [0.1, 0.15) is 0 Å². The second-order valence-electron chi connectivity index (χ2n) is 6.44. The van der Waals surface area contributed by atoms with Crippen molar-refractivity contribution in [2.75, 3.05) is 0 Å². The Bertz CT molecular complexity index is 274. The lowest BCUT2D eigenvalue weighted by molar-refractivity contribution is -0.201. The van der Waals surface area contributed by atoms with Gasteiger partial charge in [0.05, 0.1) is 11.7 Å². The Morgan fingerprint density at radius 3 is 2.40 bits per heavy atom. The van der Waals surface area contributed by atoms with Crippen molar-refractivity contribution in [2.45, 2.75) is 65.1 Å². The number of hydrogen-bond donors (Lipinski definition) is 2. The molecule has 2 fully saturated rings. The quantitative estimate of drug-likeness (QED) is 0.700. The molecule has 0 aromatic rings. The molecular formula is C13H24O2. The second kappa shape index (κ2) is 2.98. The first-order valence-electron chi connectivity index (χ1n) is 6.18. The molecule has 0 aromatic carbocycles. The molecule has 2 nitrogen and oxygen atoms in total. The van der Waals surface area contributed by atoms with Crippen LogP contribution < -0.4 is 0 Å². The molecule has 0 radical (unpaired) electrons. The summed E-state index contributed by atoms with van der Waals surface area (Å²) in [6, 6.07) is 0. The molecule has 2 heteroatoms. The van der Waals surface area contributed by atoms with Crippen LogP contribution in [0.4, 0.5) is 0 Å². The SMILES string of the molecule is CC[C@]1(O)C[C@H]2CC[C@@](C)([C@H]1O)C2(C)C. The van der Waals surface area contributed by atoms with Crippen LogP contribution in [-0.4, -0.2) is 21.9 Å². The van der Waals surface area contributed by atoms with Gasteiger partial charge in [-0.25, -0.2) is 0 Å². The van der Waals surface area contributed by atoms with Gasteiger partial charge < -0.3 is 10.2 Å². The van der Waals surface area contributed by atoms with Gasteiger partial charge in [0.15, 0.2) is 0 Å². The summed E-state index contributed by atoms with van der Waals surface area (Å²) in [5, 5.41) is 20.9. The monoisotopic (exact) mass is 212 g/mol.